The Labute approximate surface area is 141 Å². The topological polar surface area (TPSA) is 29.1 Å². The number of hydrogen-bond acceptors (Lipinski definition) is 1. The predicted octanol–water partition coefficient (Wildman–Crippen LogP) is 5.97. The van der Waals surface area contributed by atoms with Crippen molar-refractivity contribution in [2.75, 3.05) is 6.54 Å². The third-order valence-electron chi connectivity index (χ3n) is 3.44. The number of halogens is 2. The van der Waals surface area contributed by atoms with Crippen molar-refractivity contribution in [3.63, 3.8) is 0 Å². The van der Waals surface area contributed by atoms with Crippen LogP contribution in [0.3, 0.4) is 0 Å². The van der Waals surface area contributed by atoms with Crippen LogP contribution in [0.5, 0.6) is 0 Å². The van der Waals surface area contributed by atoms with E-state index >= 15 is 0 Å². The summed E-state index contributed by atoms with van der Waals surface area (Å²) >= 11 is 9.28. The molecule has 118 valence electrons. The fourth-order valence-corrected chi connectivity index (χ4v) is 3.11. The molecular formula is C17H25BrClNO. The molecule has 1 aromatic carbocycles. The van der Waals surface area contributed by atoms with Gasteiger partial charge in [0, 0.05) is 21.6 Å². The van der Waals surface area contributed by atoms with Crippen molar-refractivity contribution in [2.45, 2.75) is 58.3 Å². The molecule has 1 rings (SSSR count). The Balaban J connectivity index is 2.11. The number of benzene rings is 1. The molecule has 0 atom stereocenters. The molecule has 0 unspecified atom stereocenters. The summed E-state index contributed by atoms with van der Waals surface area (Å²) in [7, 11) is 0. The number of hydrogen-bond donors (Lipinski definition) is 1. The molecule has 0 fully saturated rings. The van der Waals surface area contributed by atoms with Crippen LogP contribution in [-0.4, -0.2) is 12.5 Å². The normalized spacial score (nSPS) is 10.6. The molecule has 2 nitrogen and oxygen atoms in total. The molecule has 0 spiro atoms. The van der Waals surface area contributed by atoms with Gasteiger partial charge in [-0.25, -0.2) is 0 Å². The summed E-state index contributed by atoms with van der Waals surface area (Å²) in [6.45, 7) is 2.97. The number of carbonyl (C=O) groups is 1. The standard InChI is InChI=1S/C17H25BrClNO/c1-2-3-4-5-6-7-8-9-10-20-17(21)14-11-15(18)13-16(19)12-14/h11-13H,2-10H2,1H3,(H,20,21). The van der Waals surface area contributed by atoms with Crippen molar-refractivity contribution in [1.82, 2.24) is 5.32 Å². The molecule has 21 heavy (non-hydrogen) atoms. The van der Waals surface area contributed by atoms with E-state index in [1.165, 1.54) is 44.9 Å². The zero-order valence-corrected chi connectivity index (χ0v) is 15.1. The predicted molar refractivity (Wildman–Crippen MR) is 94.1 cm³/mol. The average molecular weight is 375 g/mol. The number of amides is 1. The minimum Gasteiger partial charge on any atom is -0.352 e. The largest absolute Gasteiger partial charge is 0.352 e. The number of carbonyl (C=O) groups excluding carboxylic acids is 1. The van der Waals surface area contributed by atoms with E-state index in [9.17, 15) is 4.79 Å². The van der Waals surface area contributed by atoms with Crippen LogP contribution in [0.25, 0.3) is 0 Å². The molecule has 0 saturated heterocycles. The maximum Gasteiger partial charge on any atom is 0.251 e. The lowest BCUT2D eigenvalue weighted by Crippen LogP contribution is -2.24. The Morgan fingerprint density at radius 1 is 1.05 bits per heavy atom. The van der Waals surface area contributed by atoms with Gasteiger partial charge in [0.15, 0.2) is 0 Å². The van der Waals surface area contributed by atoms with Crippen molar-refractivity contribution in [1.29, 1.82) is 0 Å². The van der Waals surface area contributed by atoms with E-state index in [0.29, 0.717) is 10.6 Å². The highest BCUT2D eigenvalue weighted by Gasteiger charge is 2.06. The van der Waals surface area contributed by atoms with Gasteiger partial charge in [0.25, 0.3) is 5.91 Å². The molecule has 0 aromatic heterocycles. The highest BCUT2D eigenvalue weighted by Crippen LogP contribution is 2.19. The van der Waals surface area contributed by atoms with Gasteiger partial charge in [-0.1, -0.05) is 79.4 Å². The lowest BCUT2D eigenvalue weighted by molar-refractivity contribution is 0.0953. The Bertz CT molecular complexity index is 417. The maximum atomic E-state index is 12.0. The van der Waals surface area contributed by atoms with Crippen LogP contribution in [0, 0.1) is 0 Å². The lowest BCUT2D eigenvalue weighted by Gasteiger charge is -2.06. The second-order valence-corrected chi connectivity index (χ2v) is 6.74. The fraction of sp³-hybridized carbons (Fsp3) is 0.588. The Morgan fingerprint density at radius 2 is 1.67 bits per heavy atom. The Hall–Kier alpha value is -0.540. The third kappa shape index (κ3) is 8.47. The summed E-state index contributed by atoms with van der Waals surface area (Å²) < 4.78 is 0.826. The first-order valence-electron chi connectivity index (χ1n) is 7.87. The van der Waals surface area contributed by atoms with Crippen LogP contribution in [0.1, 0.15) is 68.6 Å². The second kappa shape index (κ2) is 11.1. The van der Waals surface area contributed by atoms with E-state index < -0.39 is 0 Å². The van der Waals surface area contributed by atoms with Crippen molar-refractivity contribution in [3.05, 3.63) is 33.3 Å². The van der Waals surface area contributed by atoms with Crippen LogP contribution < -0.4 is 5.32 Å². The van der Waals surface area contributed by atoms with E-state index in [2.05, 4.69) is 28.2 Å². The quantitative estimate of drug-likeness (QED) is 0.502. The fourth-order valence-electron chi connectivity index (χ4n) is 2.25. The summed E-state index contributed by atoms with van der Waals surface area (Å²) in [6.07, 6.45) is 10.2. The van der Waals surface area contributed by atoms with Gasteiger partial charge >= 0.3 is 0 Å². The monoisotopic (exact) mass is 373 g/mol. The van der Waals surface area contributed by atoms with E-state index in [1.54, 1.807) is 18.2 Å². The molecule has 0 aliphatic carbocycles. The van der Waals surface area contributed by atoms with Crippen LogP contribution in [0.4, 0.5) is 0 Å². The molecule has 0 aliphatic rings. The average Bonchev–Trinajstić information content (AvgIpc) is 2.44. The van der Waals surface area contributed by atoms with E-state index in [1.807, 2.05) is 0 Å². The third-order valence-corrected chi connectivity index (χ3v) is 4.12. The zero-order chi connectivity index (χ0) is 15.5. The highest BCUT2D eigenvalue weighted by molar-refractivity contribution is 9.10. The van der Waals surface area contributed by atoms with Crippen molar-refractivity contribution in [2.24, 2.45) is 0 Å². The SMILES string of the molecule is CCCCCCCCCCNC(=O)c1cc(Cl)cc(Br)c1. The van der Waals surface area contributed by atoms with Gasteiger partial charge in [0.05, 0.1) is 0 Å². The summed E-state index contributed by atoms with van der Waals surface area (Å²) in [6, 6.07) is 5.25. The highest BCUT2D eigenvalue weighted by atomic mass is 79.9. The maximum absolute atomic E-state index is 12.0. The number of rotatable bonds is 10. The molecule has 0 bridgehead atoms. The first kappa shape index (κ1) is 18.5. The smallest absolute Gasteiger partial charge is 0.251 e. The minimum absolute atomic E-state index is 0.0545. The summed E-state index contributed by atoms with van der Waals surface area (Å²) in [4.78, 5) is 12.0. The van der Waals surface area contributed by atoms with Gasteiger partial charge in [-0.05, 0) is 24.6 Å². The van der Waals surface area contributed by atoms with Gasteiger partial charge in [-0.3, -0.25) is 4.79 Å². The van der Waals surface area contributed by atoms with Gasteiger partial charge in [0.1, 0.15) is 0 Å². The van der Waals surface area contributed by atoms with Crippen LogP contribution >= 0.6 is 27.5 Å². The summed E-state index contributed by atoms with van der Waals surface area (Å²) in [5.41, 5.74) is 0.606. The van der Waals surface area contributed by atoms with Crippen molar-refractivity contribution >= 4 is 33.4 Å². The molecule has 1 aromatic rings. The van der Waals surface area contributed by atoms with E-state index in [0.717, 1.165) is 17.4 Å². The first-order valence-corrected chi connectivity index (χ1v) is 9.05. The van der Waals surface area contributed by atoms with Gasteiger partial charge < -0.3 is 5.32 Å². The summed E-state index contributed by atoms with van der Waals surface area (Å²) in [5, 5.41) is 3.52. The number of nitrogens with one attached hydrogen (secondary N) is 1. The van der Waals surface area contributed by atoms with Gasteiger partial charge in [0.2, 0.25) is 0 Å². The van der Waals surface area contributed by atoms with Gasteiger partial charge in [-0.2, -0.15) is 0 Å². The first-order chi connectivity index (χ1) is 10.1. The minimum atomic E-state index is -0.0545. The zero-order valence-electron chi connectivity index (χ0n) is 12.8. The lowest BCUT2D eigenvalue weighted by atomic mass is 10.1. The summed E-state index contributed by atoms with van der Waals surface area (Å²) in [5.74, 6) is -0.0545. The van der Waals surface area contributed by atoms with Crippen LogP contribution in [0.2, 0.25) is 5.02 Å². The molecule has 0 radical (unpaired) electrons. The van der Waals surface area contributed by atoms with Crippen LogP contribution in [-0.2, 0) is 0 Å². The van der Waals surface area contributed by atoms with Crippen molar-refractivity contribution < 1.29 is 4.79 Å². The number of unbranched alkanes of at least 4 members (excludes halogenated alkanes) is 7. The molecule has 1 N–H and O–H groups in total. The van der Waals surface area contributed by atoms with Gasteiger partial charge in [-0.15, -0.1) is 0 Å². The molecule has 0 aliphatic heterocycles. The Kier molecular flexibility index (Phi) is 9.77. The van der Waals surface area contributed by atoms with E-state index in [4.69, 9.17) is 11.6 Å². The molecule has 0 heterocycles. The molecule has 4 heteroatoms. The second-order valence-electron chi connectivity index (χ2n) is 5.39. The molecule has 1 amide bonds. The van der Waals surface area contributed by atoms with Crippen LogP contribution in [0.15, 0.2) is 22.7 Å². The molecular weight excluding hydrogens is 350 g/mol. The van der Waals surface area contributed by atoms with Crippen molar-refractivity contribution in [3.8, 4) is 0 Å². The van der Waals surface area contributed by atoms with E-state index in [-0.39, 0.29) is 5.91 Å². The molecule has 0 saturated carbocycles. The Morgan fingerprint density at radius 3 is 2.29 bits per heavy atom.